The standard InChI is InChI=1S/C63H40N4O/c1-5-18-41(19-6-1)47-36-48(42-20-7-2-8-21-42)38-49(37-47)50-26-13-15-29-55(50)67-56-30-16-14-27-51(56)53-39-45(32-34-57(53)67)46-33-35-58-54(40-46)60-52(28-17-31-59(60)68-58)63-65-61(43-22-9-3-10-23-43)64-62(66-63)44-24-11-4-12-25-44/h1-40H. The highest BCUT2D eigenvalue weighted by molar-refractivity contribution is 6.14. The van der Waals surface area contributed by atoms with Crippen LogP contribution in [0.1, 0.15) is 0 Å². The zero-order chi connectivity index (χ0) is 45.0. The average molecular weight is 869 g/mol. The number of furan rings is 1. The normalized spacial score (nSPS) is 11.5. The molecule has 318 valence electrons. The Morgan fingerprint density at radius 3 is 1.44 bits per heavy atom. The molecule has 5 nitrogen and oxygen atoms in total. The predicted molar refractivity (Wildman–Crippen MR) is 279 cm³/mol. The number of fused-ring (bicyclic) bond motifs is 6. The molecule has 0 aliphatic rings. The summed E-state index contributed by atoms with van der Waals surface area (Å²) in [7, 11) is 0. The molecular formula is C63H40N4O. The van der Waals surface area contributed by atoms with Gasteiger partial charge in [0.1, 0.15) is 11.2 Å². The molecule has 0 N–H and O–H groups in total. The van der Waals surface area contributed by atoms with Gasteiger partial charge in [0, 0.05) is 43.8 Å². The molecule has 0 aliphatic carbocycles. The molecule has 3 aromatic heterocycles. The summed E-state index contributed by atoms with van der Waals surface area (Å²) in [5.41, 5.74) is 17.0. The van der Waals surface area contributed by atoms with E-state index in [1.165, 1.54) is 33.0 Å². The van der Waals surface area contributed by atoms with Crippen molar-refractivity contribution in [1.82, 2.24) is 19.5 Å². The Bertz CT molecular complexity index is 3890. The summed E-state index contributed by atoms with van der Waals surface area (Å²) >= 11 is 0. The van der Waals surface area contributed by atoms with Gasteiger partial charge >= 0.3 is 0 Å². The van der Waals surface area contributed by atoms with Crippen LogP contribution in [0.25, 0.3) is 128 Å². The second-order valence-electron chi connectivity index (χ2n) is 17.2. The first-order chi connectivity index (χ1) is 33.7. The number of aromatic nitrogens is 4. The van der Waals surface area contributed by atoms with Crippen molar-refractivity contribution >= 4 is 43.7 Å². The van der Waals surface area contributed by atoms with Gasteiger partial charge in [-0.1, -0.05) is 182 Å². The maximum absolute atomic E-state index is 6.55. The lowest BCUT2D eigenvalue weighted by molar-refractivity contribution is 0.669. The van der Waals surface area contributed by atoms with Crippen molar-refractivity contribution in [3.63, 3.8) is 0 Å². The molecule has 0 radical (unpaired) electrons. The SMILES string of the molecule is c1ccc(-c2cc(-c3ccccc3)cc(-c3ccccc3-n3c4ccccc4c4cc(-c5ccc6oc7cccc(-c8nc(-c9ccccc9)nc(-c9ccccc9)n8)c7c6c5)ccc43)c2)cc1. The molecule has 0 fully saturated rings. The summed E-state index contributed by atoms with van der Waals surface area (Å²) in [6, 6.07) is 85.5. The molecule has 13 aromatic rings. The maximum Gasteiger partial charge on any atom is 0.164 e. The molecule has 0 atom stereocenters. The van der Waals surface area contributed by atoms with Crippen LogP contribution in [0.4, 0.5) is 0 Å². The lowest BCUT2D eigenvalue weighted by atomic mass is 9.92. The molecule has 0 unspecified atom stereocenters. The van der Waals surface area contributed by atoms with Crippen molar-refractivity contribution in [2.45, 2.75) is 0 Å². The molecule has 10 aromatic carbocycles. The van der Waals surface area contributed by atoms with E-state index in [4.69, 9.17) is 19.4 Å². The molecule has 13 rings (SSSR count). The number of benzene rings is 10. The van der Waals surface area contributed by atoms with Crippen LogP contribution >= 0.6 is 0 Å². The van der Waals surface area contributed by atoms with Crippen molar-refractivity contribution in [3.8, 4) is 84.4 Å². The summed E-state index contributed by atoms with van der Waals surface area (Å²) in [6.45, 7) is 0. The summed E-state index contributed by atoms with van der Waals surface area (Å²) in [5.74, 6) is 1.83. The van der Waals surface area contributed by atoms with Gasteiger partial charge in [0.25, 0.3) is 0 Å². The monoisotopic (exact) mass is 868 g/mol. The van der Waals surface area contributed by atoms with Gasteiger partial charge in [-0.05, 0) is 99.6 Å². The van der Waals surface area contributed by atoms with Gasteiger partial charge in [-0.2, -0.15) is 0 Å². The third-order valence-electron chi connectivity index (χ3n) is 13.0. The lowest BCUT2D eigenvalue weighted by Crippen LogP contribution is -2.00. The van der Waals surface area contributed by atoms with Crippen LogP contribution in [-0.2, 0) is 0 Å². The van der Waals surface area contributed by atoms with Crippen LogP contribution in [0.15, 0.2) is 247 Å². The van der Waals surface area contributed by atoms with Gasteiger partial charge in [0.05, 0.1) is 16.7 Å². The highest BCUT2D eigenvalue weighted by atomic mass is 16.3. The largest absolute Gasteiger partial charge is 0.456 e. The third-order valence-corrected chi connectivity index (χ3v) is 13.0. The number of para-hydroxylation sites is 2. The van der Waals surface area contributed by atoms with Gasteiger partial charge in [-0.3, -0.25) is 0 Å². The highest BCUT2D eigenvalue weighted by Gasteiger charge is 2.21. The van der Waals surface area contributed by atoms with Gasteiger partial charge < -0.3 is 8.98 Å². The van der Waals surface area contributed by atoms with E-state index < -0.39 is 0 Å². The van der Waals surface area contributed by atoms with Crippen LogP contribution in [0.2, 0.25) is 0 Å². The Hall–Kier alpha value is -9.19. The quantitative estimate of drug-likeness (QED) is 0.153. The molecule has 0 saturated carbocycles. The maximum atomic E-state index is 6.55. The van der Waals surface area contributed by atoms with Crippen LogP contribution in [0.3, 0.4) is 0 Å². The fourth-order valence-electron chi connectivity index (χ4n) is 9.82. The summed E-state index contributed by atoms with van der Waals surface area (Å²) in [5, 5.41) is 4.34. The second-order valence-corrected chi connectivity index (χ2v) is 17.2. The van der Waals surface area contributed by atoms with E-state index in [9.17, 15) is 0 Å². The Morgan fingerprint density at radius 2 is 0.779 bits per heavy atom. The minimum absolute atomic E-state index is 0.592. The Labute approximate surface area is 392 Å². The molecule has 5 heteroatoms. The van der Waals surface area contributed by atoms with Crippen molar-refractivity contribution in [2.24, 2.45) is 0 Å². The van der Waals surface area contributed by atoms with E-state index in [-0.39, 0.29) is 0 Å². The second kappa shape index (κ2) is 16.4. The van der Waals surface area contributed by atoms with E-state index in [0.29, 0.717) is 17.5 Å². The van der Waals surface area contributed by atoms with Gasteiger partial charge in [0.15, 0.2) is 17.5 Å². The lowest BCUT2D eigenvalue weighted by Gasteiger charge is -2.16. The Balaban J connectivity index is 0.956. The van der Waals surface area contributed by atoms with E-state index in [2.05, 4.69) is 174 Å². The molecule has 0 spiro atoms. The first-order valence-electron chi connectivity index (χ1n) is 22.9. The van der Waals surface area contributed by atoms with Crippen molar-refractivity contribution < 1.29 is 4.42 Å². The van der Waals surface area contributed by atoms with Crippen molar-refractivity contribution in [2.75, 3.05) is 0 Å². The Morgan fingerprint density at radius 1 is 0.279 bits per heavy atom. The van der Waals surface area contributed by atoms with Gasteiger partial charge in [-0.25, -0.2) is 15.0 Å². The molecule has 0 saturated heterocycles. The fourth-order valence-corrected chi connectivity index (χ4v) is 9.82. The minimum atomic E-state index is 0.592. The van der Waals surface area contributed by atoms with Gasteiger partial charge in [0.2, 0.25) is 0 Å². The van der Waals surface area contributed by atoms with Gasteiger partial charge in [-0.15, -0.1) is 0 Å². The van der Waals surface area contributed by atoms with Crippen LogP contribution in [-0.4, -0.2) is 19.5 Å². The number of rotatable bonds is 8. The first kappa shape index (κ1) is 39.2. The number of hydrogen-bond acceptors (Lipinski definition) is 4. The van der Waals surface area contributed by atoms with Crippen LogP contribution in [0, 0.1) is 0 Å². The van der Waals surface area contributed by atoms with Crippen molar-refractivity contribution in [3.05, 3.63) is 243 Å². The molecule has 0 bridgehead atoms. The molecule has 68 heavy (non-hydrogen) atoms. The molecule has 0 aliphatic heterocycles. The predicted octanol–water partition coefficient (Wildman–Crippen LogP) is 16.5. The van der Waals surface area contributed by atoms with E-state index in [1.807, 2.05) is 72.8 Å². The molecule has 3 heterocycles. The van der Waals surface area contributed by atoms with Crippen LogP contribution < -0.4 is 0 Å². The summed E-state index contributed by atoms with van der Waals surface area (Å²) < 4.78 is 8.99. The van der Waals surface area contributed by atoms with E-state index in [1.54, 1.807) is 0 Å². The van der Waals surface area contributed by atoms with E-state index >= 15 is 0 Å². The fraction of sp³-hybridized carbons (Fsp3) is 0. The number of hydrogen-bond donors (Lipinski definition) is 0. The molecular weight excluding hydrogens is 829 g/mol. The summed E-state index contributed by atoms with van der Waals surface area (Å²) in [6.07, 6.45) is 0. The number of nitrogens with zero attached hydrogens (tertiary/aromatic N) is 4. The average Bonchev–Trinajstić information content (AvgIpc) is 3.97. The topological polar surface area (TPSA) is 56.7 Å². The van der Waals surface area contributed by atoms with Crippen LogP contribution in [0.5, 0.6) is 0 Å². The first-order valence-corrected chi connectivity index (χ1v) is 22.9. The third kappa shape index (κ3) is 6.84. The minimum Gasteiger partial charge on any atom is -0.456 e. The summed E-state index contributed by atoms with van der Waals surface area (Å²) in [4.78, 5) is 15.2. The smallest absolute Gasteiger partial charge is 0.164 e. The zero-order valence-corrected chi connectivity index (χ0v) is 36.8. The Kier molecular flexibility index (Phi) is 9.43. The van der Waals surface area contributed by atoms with Crippen molar-refractivity contribution in [1.29, 1.82) is 0 Å². The zero-order valence-electron chi connectivity index (χ0n) is 36.8. The highest BCUT2D eigenvalue weighted by Crippen LogP contribution is 2.42. The van der Waals surface area contributed by atoms with E-state index in [0.717, 1.165) is 77.6 Å². The molecule has 0 amide bonds.